The van der Waals surface area contributed by atoms with Crippen molar-refractivity contribution in [1.82, 2.24) is 0 Å². The number of nitrogens with two attached hydrogens (primary N) is 2. The van der Waals surface area contributed by atoms with Gasteiger partial charge in [-0.25, -0.2) is 9.59 Å². The van der Waals surface area contributed by atoms with Crippen molar-refractivity contribution in [3.63, 3.8) is 0 Å². The molecule has 0 heterocycles. The molecule has 0 atom stereocenters. The average Bonchev–Trinajstić information content (AvgIpc) is 2.80. The zero-order valence-corrected chi connectivity index (χ0v) is 18.9. The molecule has 2 rings (SSSR count). The van der Waals surface area contributed by atoms with E-state index in [1.165, 1.54) is 12.1 Å². The average molecular weight is 471 g/mol. The first kappa shape index (κ1) is 26.2. The molecule has 182 valence electrons. The van der Waals surface area contributed by atoms with Crippen LogP contribution in [0.4, 0.5) is 21.0 Å². The zero-order chi connectivity index (χ0) is 24.8. The Kier molecular flexibility index (Phi) is 10.9. The highest BCUT2D eigenvalue weighted by Crippen LogP contribution is 2.12. The lowest BCUT2D eigenvalue weighted by molar-refractivity contribution is 0.0992. The van der Waals surface area contributed by atoms with E-state index in [1.54, 1.807) is 36.4 Å². The molecule has 6 N–H and O–H groups in total. The van der Waals surface area contributed by atoms with Crippen molar-refractivity contribution in [1.29, 1.82) is 0 Å². The minimum Gasteiger partial charge on any atom is -0.449 e. The summed E-state index contributed by atoms with van der Waals surface area (Å²) in [5.41, 5.74) is 11.9. The molecule has 0 spiro atoms. The highest BCUT2D eigenvalue weighted by atomic mass is 16.6. The Balaban J connectivity index is 1.47. The number of unbranched alkanes of at least 4 members (excludes halogenated alkanes) is 5. The van der Waals surface area contributed by atoms with Gasteiger partial charge in [0.05, 0.1) is 13.2 Å². The van der Waals surface area contributed by atoms with Crippen LogP contribution in [0, 0.1) is 0 Å². The molecule has 2 aromatic rings. The Hall–Kier alpha value is -4.08. The second kappa shape index (κ2) is 14.1. The van der Waals surface area contributed by atoms with Crippen LogP contribution in [-0.4, -0.2) is 37.2 Å². The van der Waals surface area contributed by atoms with E-state index in [9.17, 15) is 19.2 Å². The minimum atomic E-state index is -0.585. The summed E-state index contributed by atoms with van der Waals surface area (Å²) in [6.45, 7) is 0.586. The first-order valence-corrected chi connectivity index (χ1v) is 11.0. The molecule has 0 unspecified atom stereocenters. The predicted octanol–water partition coefficient (Wildman–Crippen LogP) is 4.02. The van der Waals surface area contributed by atoms with E-state index in [1.807, 2.05) is 0 Å². The summed E-state index contributed by atoms with van der Waals surface area (Å²) in [7, 11) is 0. The third-order valence-corrected chi connectivity index (χ3v) is 4.79. The summed E-state index contributed by atoms with van der Waals surface area (Å²) >= 11 is 0. The molecule has 0 aliphatic heterocycles. The molecule has 0 aliphatic rings. The number of primary amides is 2. The van der Waals surface area contributed by atoms with Gasteiger partial charge in [0.1, 0.15) is 0 Å². The van der Waals surface area contributed by atoms with Crippen molar-refractivity contribution in [3.05, 3.63) is 59.7 Å². The fraction of sp³-hybridized carbons (Fsp3) is 0.333. The van der Waals surface area contributed by atoms with Gasteiger partial charge in [-0.15, -0.1) is 0 Å². The van der Waals surface area contributed by atoms with E-state index in [0.29, 0.717) is 35.7 Å². The van der Waals surface area contributed by atoms with Gasteiger partial charge >= 0.3 is 12.2 Å². The molecule has 0 radical (unpaired) electrons. The lowest BCUT2D eigenvalue weighted by Crippen LogP contribution is -2.16. The molecule has 0 fully saturated rings. The first-order chi connectivity index (χ1) is 16.3. The van der Waals surface area contributed by atoms with Gasteiger partial charge in [-0.2, -0.15) is 0 Å². The van der Waals surface area contributed by atoms with Gasteiger partial charge in [0.15, 0.2) is 0 Å². The van der Waals surface area contributed by atoms with Crippen LogP contribution in [0.5, 0.6) is 0 Å². The number of benzene rings is 2. The molecule has 10 heteroatoms. The number of hydrogen-bond acceptors (Lipinski definition) is 6. The summed E-state index contributed by atoms with van der Waals surface area (Å²) in [6.07, 6.45) is 4.05. The smallest absolute Gasteiger partial charge is 0.411 e. The van der Waals surface area contributed by atoms with Crippen LogP contribution in [0.3, 0.4) is 0 Å². The lowest BCUT2D eigenvalue weighted by Gasteiger charge is -2.08. The summed E-state index contributed by atoms with van der Waals surface area (Å²) in [4.78, 5) is 45.9. The van der Waals surface area contributed by atoms with Crippen molar-refractivity contribution in [2.24, 2.45) is 11.5 Å². The number of nitrogens with one attached hydrogen (secondary N) is 2. The van der Waals surface area contributed by atoms with Gasteiger partial charge in [-0.1, -0.05) is 37.8 Å². The second-order valence-corrected chi connectivity index (χ2v) is 7.53. The Morgan fingerprint density at radius 3 is 1.38 bits per heavy atom. The molecule has 0 saturated heterocycles. The lowest BCUT2D eigenvalue weighted by atomic mass is 10.1. The normalized spacial score (nSPS) is 10.2. The number of amides is 4. The molecule has 0 saturated carbocycles. The van der Waals surface area contributed by atoms with Gasteiger partial charge in [0, 0.05) is 22.5 Å². The van der Waals surface area contributed by atoms with Gasteiger partial charge in [-0.05, 0) is 49.2 Å². The van der Waals surface area contributed by atoms with Crippen molar-refractivity contribution >= 4 is 35.4 Å². The first-order valence-electron chi connectivity index (χ1n) is 11.0. The van der Waals surface area contributed by atoms with E-state index >= 15 is 0 Å². The molecule has 0 aromatic heterocycles. The van der Waals surface area contributed by atoms with Crippen LogP contribution < -0.4 is 22.1 Å². The fourth-order valence-corrected chi connectivity index (χ4v) is 3.05. The van der Waals surface area contributed by atoms with Crippen LogP contribution in [0.15, 0.2) is 48.5 Å². The molecule has 2 aromatic carbocycles. The van der Waals surface area contributed by atoms with Gasteiger partial charge in [-0.3, -0.25) is 20.2 Å². The molecule has 0 bridgehead atoms. The number of ether oxygens (including phenoxy) is 2. The molecule has 34 heavy (non-hydrogen) atoms. The second-order valence-electron chi connectivity index (χ2n) is 7.53. The van der Waals surface area contributed by atoms with Crippen LogP contribution in [0.25, 0.3) is 0 Å². The topological polar surface area (TPSA) is 163 Å². The highest BCUT2D eigenvalue weighted by Gasteiger charge is 2.07. The van der Waals surface area contributed by atoms with Crippen molar-refractivity contribution in [3.8, 4) is 0 Å². The van der Waals surface area contributed by atoms with Gasteiger partial charge in [0.2, 0.25) is 11.8 Å². The Morgan fingerprint density at radius 1 is 0.618 bits per heavy atom. The molecule has 0 aliphatic carbocycles. The van der Waals surface area contributed by atoms with Crippen molar-refractivity contribution in [2.45, 2.75) is 38.5 Å². The molecular weight excluding hydrogens is 440 g/mol. The maximum Gasteiger partial charge on any atom is 0.411 e. The van der Waals surface area contributed by atoms with Gasteiger partial charge in [0.25, 0.3) is 0 Å². The standard InChI is InChI=1S/C24H30N4O6/c25-21(29)17-9-7-11-19(15-17)27-23(31)33-13-5-3-1-2-4-6-14-34-24(32)28-20-12-8-10-18(16-20)22(26)30/h7-12,15-16H,1-6,13-14H2,(H2,25,29)(H2,26,30)(H,27,31)(H,28,32). The highest BCUT2D eigenvalue weighted by molar-refractivity contribution is 5.95. The third-order valence-electron chi connectivity index (χ3n) is 4.79. The minimum absolute atomic E-state index is 0.293. The van der Waals surface area contributed by atoms with Crippen molar-refractivity contribution < 1.29 is 28.7 Å². The summed E-state index contributed by atoms with van der Waals surface area (Å²) in [6, 6.07) is 12.6. The maximum absolute atomic E-state index is 11.8. The van der Waals surface area contributed by atoms with Crippen LogP contribution >= 0.6 is 0 Å². The number of rotatable bonds is 13. The molecule has 10 nitrogen and oxygen atoms in total. The number of anilines is 2. The number of carbonyl (C=O) groups is 4. The Labute approximate surface area is 198 Å². The van der Waals surface area contributed by atoms with Crippen LogP contribution in [-0.2, 0) is 9.47 Å². The fourth-order valence-electron chi connectivity index (χ4n) is 3.05. The quantitative estimate of drug-likeness (QED) is 0.323. The molecule has 4 amide bonds. The zero-order valence-electron chi connectivity index (χ0n) is 18.9. The van der Waals surface area contributed by atoms with E-state index < -0.39 is 24.0 Å². The van der Waals surface area contributed by atoms with Crippen LogP contribution in [0.1, 0.15) is 59.2 Å². The summed E-state index contributed by atoms with van der Waals surface area (Å²) in [5, 5.41) is 5.12. The predicted molar refractivity (Wildman–Crippen MR) is 128 cm³/mol. The monoisotopic (exact) mass is 470 g/mol. The summed E-state index contributed by atoms with van der Waals surface area (Å²) in [5.74, 6) is -1.14. The molecular formula is C24H30N4O6. The van der Waals surface area contributed by atoms with Crippen LogP contribution in [0.2, 0.25) is 0 Å². The number of hydrogen-bond donors (Lipinski definition) is 4. The third kappa shape index (κ3) is 10.0. The van der Waals surface area contributed by atoms with E-state index in [4.69, 9.17) is 20.9 Å². The Morgan fingerprint density at radius 2 is 1.00 bits per heavy atom. The largest absolute Gasteiger partial charge is 0.449 e. The maximum atomic E-state index is 11.8. The SMILES string of the molecule is NC(=O)c1cccc(NC(=O)OCCCCCCCCOC(=O)Nc2cccc(C(N)=O)c2)c1. The van der Waals surface area contributed by atoms with E-state index in [-0.39, 0.29) is 0 Å². The Bertz CT molecular complexity index is 915. The van der Waals surface area contributed by atoms with E-state index in [2.05, 4.69) is 10.6 Å². The van der Waals surface area contributed by atoms with E-state index in [0.717, 1.165) is 38.5 Å². The van der Waals surface area contributed by atoms with Gasteiger partial charge < -0.3 is 20.9 Å². The number of carbonyl (C=O) groups excluding carboxylic acids is 4. The van der Waals surface area contributed by atoms with Crippen molar-refractivity contribution in [2.75, 3.05) is 23.8 Å². The summed E-state index contributed by atoms with van der Waals surface area (Å²) < 4.78 is 10.3.